The molecule has 2 N–H and O–H groups in total. The van der Waals surface area contributed by atoms with E-state index in [1.807, 2.05) is 5.38 Å². The molecule has 0 aliphatic carbocycles. The van der Waals surface area contributed by atoms with E-state index in [0.29, 0.717) is 11.4 Å². The van der Waals surface area contributed by atoms with E-state index in [9.17, 15) is 4.79 Å². The zero-order chi connectivity index (χ0) is 7.84. The van der Waals surface area contributed by atoms with Crippen LogP contribution in [-0.2, 0) is 13.1 Å². The normalized spacial score (nSPS) is 14.9. The number of rotatable bonds is 1. The second-order valence-corrected chi connectivity index (χ2v) is 3.36. The first-order valence-electron chi connectivity index (χ1n) is 3.32. The lowest BCUT2D eigenvalue weighted by atomic mass is 10.2. The standard InChI is InChI=1S/C7H7NO2S/c9-7(10)6-5-2-8-1-4(5)3-11-6/h3,8H,1-2H2,(H,9,10). The number of hydrogen-bond acceptors (Lipinski definition) is 3. The van der Waals surface area contributed by atoms with Gasteiger partial charge < -0.3 is 10.4 Å². The van der Waals surface area contributed by atoms with Crippen molar-refractivity contribution in [2.75, 3.05) is 0 Å². The minimum absolute atomic E-state index is 0.491. The van der Waals surface area contributed by atoms with E-state index >= 15 is 0 Å². The number of aromatic carboxylic acids is 1. The SMILES string of the molecule is O=C(O)c1scc2c1CNC2. The van der Waals surface area contributed by atoms with E-state index in [4.69, 9.17) is 5.11 Å². The minimum Gasteiger partial charge on any atom is -0.477 e. The molecule has 0 bridgehead atoms. The molecule has 0 aromatic carbocycles. The van der Waals surface area contributed by atoms with Gasteiger partial charge in [0.05, 0.1) is 0 Å². The highest BCUT2D eigenvalue weighted by molar-refractivity contribution is 7.12. The van der Waals surface area contributed by atoms with Crippen LogP contribution in [0.2, 0.25) is 0 Å². The third-order valence-corrected chi connectivity index (χ3v) is 2.85. The van der Waals surface area contributed by atoms with Gasteiger partial charge in [-0.05, 0) is 16.5 Å². The summed E-state index contributed by atoms with van der Waals surface area (Å²) < 4.78 is 0. The Kier molecular flexibility index (Phi) is 1.44. The summed E-state index contributed by atoms with van der Waals surface area (Å²) in [6, 6.07) is 0. The molecular weight excluding hydrogens is 162 g/mol. The highest BCUT2D eigenvalue weighted by Crippen LogP contribution is 2.26. The van der Waals surface area contributed by atoms with Crippen molar-refractivity contribution in [1.82, 2.24) is 5.32 Å². The van der Waals surface area contributed by atoms with Gasteiger partial charge in [-0.2, -0.15) is 0 Å². The van der Waals surface area contributed by atoms with Crippen LogP contribution in [0.15, 0.2) is 5.38 Å². The maximum Gasteiger partial charge on any atom is 0.346 e. The number of carboxylic acid groups (broad SMARTS) is 1. The zero-order valence-electron chi connectivity index (χ0n) is 5.76. The number of carbonyl (C=O) groups is 1. The third-order valence-electron chi connectivity index (χ3n) is 1.79. The van der Waals surface area contributed by atoms with Gasteiger partial charge in [-0.25, -0.2) is 4.79 Å². The van der Waals surface area contributed by atoms with E-state index in [1.54, 1.807) is 0 Å². The molecule has 2 heterocycles. The molecule has 1 aromatic heterocycles. The fourth-order valence-electron chi connectivity index (χ4n) is 1.26. The zero-order valence-corrected chi connectivity index (χ0v) is 6.57. The molecule has 3 nitrogen and oxygen atoms in total. The van der Waals surface area contributed by atoms with Gasteiger partial charge in [-0.3, -0.25) is 0 Å². The average molecular weight is 169 g/mol. The van der Waals surface area contributed by atoms with Crippen LogP contribution in [0.5, 0.6) is 0 Å². The molecule has 1 aliphatic rings. The van der Waals surface area contributed by atoms with Crippen molar-refractivity contribution in [3.63, 3.8) is 0 Å². The van der Waals surface area contributed by atoms with Crippen LogP contribution in [-0.4, -0.2) is 11.1 Å². The number of carboxylic acids is 1. The molecule has 0 fully saturated rings. The summed E-state index contributed by atoms with van der Waals surface area (Å²) in [5, 5.41) is 13.7. The molecule has 0 unspecified atom stereocenters. The van der Waals surface area contributed by atoms with Crippen LogP contribution < -0.4 is 5.32 Å². The summed E-state index contributed by atoms with van der Waals surface area (Å²) >= 11 is 1.32. The van der Waals surface area contributed by atoms with Crippen LogP contribution in [0.1, 0.15) is 20.8 Å². The quantitative estimate of drug-likeness (QED) is 0.660. The second kappa shape index (κ2) is 2.32. The molecule has 1 aliphatic heterocycles. The molecule has 1 aromatic rings. The van der Waals surface area contributed by atoms with Gasteiger partial charge in [0.15, 0.2) is 0 Å². The Balaban J connectivity index is 2.50. The lowest BCUT2D eigenvalue weighted by Gasteiger charge is -1.91. The predicted molar refractivity (Wildman–Crippen MR) is 41.8 cm³/mol. The Hall–Kier alpha value is -0.870. The molecule has 11 heavy (non-hydrogen) atoms. The summed E-state index contributed by atoms with van der Waals surface area (Å²) in [4.78, 5) is 11.1. The van der Waals surface area contributed by atoms with Crippen molar-refractivity contribution in [3.8, 4) is 0 Å². The van der Waals surface area contributed by atoms with Gasteiger partial charge in [0.2, 0.25) is 0 Å². The Labute approximate surface area is 67.7 Å². The third kappa shape index (κ3) is 0.948. The van der Waals surface area contributed by atoms with E-state index in [-0.39, 0.29) is 0 Å². The van der Waals surface area contributed by atoms with Crippen LogP contribution in [0.25, 0.3) is 0 Å². The monoisotopic (exact) mass is 169 g/mol. The molecule has 0 spiro atoms. The predicted octanol–water partition coefficient (Wildman–Crippen LogP) is 1.05. The molecular formula is C7H7NO2S. The van der Waals surface area contributed by atoms with Gasteiger partial charge in [-0.1, -0.05) is 0 Å². The average Bonchev–Trinajstić information content (AvgIpc) is 2.41. The maximum absolute atomic E-state index is 10.6. The fraction of sp³-hybridized carbons (Fsp3) is 0.286. The van der Waals surface area contributed by atoms with E-state index in [2.05, 4.69) is 5.32 Å². The second-order valence-electron chi connectivity index (χ2n) is 2.48. The minimum atomic E-state index is -0.806. The van der Waals surface area contributed by atoms with Crippen LogP contribution in [0.3, 0.4) is 0 Å². The molecule has 0 saturated heterocycles. The molecule has 4 heteroatoms. The van der Waals surface area contributed by atoms with Crippen LogP contribution >= 0.6 is 11.3 Å². The summed E-state index contributed by atoms with van der Waals surface area (Å²) in [5.74, 6) is -0.806. The topological polar surface area (TPSA) is 49.3 Å². The summed E-state index contributed by atoms with van der Waals surface area (Å²) in [6.07, 6.45) is 0. The van der Waals surface area contributed by atoms with Crippen molar-refractivity contribution in [2.24, 2.45) is 0 Å². The summed E-state index contributed by atoms with van der Waals surface area (Å²) in [6.45, 7) is 1.53. The molecule has 58 valence electrons. The lowest BCUT2D eigenvalue weighted by Crippen LogP contribution is -2.03. The Bertz CT molecular complexity index is 305. The summed E-state index contributed by atoms with van der Waals surface area (Å²) in [5.41, 5.74) is 2.12. The first-order valence-corrected chi connectivity index (χ1v) is 4.20. The van der Waals surface area contributed by atoms with E-state index in [0.717, 1.165) is 17.7 Å². The van der Waals surface area contributed by atoms with Gasteiger partial charge in [0.1, 0.15) is 4.88 Å². The smallest absolute Gasteiger partial charge is 0.346 e. The van der Waals surface area contributed by atoms with Crippen molar-refractivity contribution >= 4 is 17.3 Å². The van der Waals surface area contributed by atoms with Gasteiger partial charge in [-0.15, -0.1) is 11.3 Å². The van der Waals surface area contributed by atoms with E-state index in [1.165, 1.54) is 11.3 Å². The Morgan fingerprint density at radius 2 is 2.45 bits per heavy atom. The highest BCUT2D eigenvalue weighted by Gasteiger charge is 2.20. The number of thiophene rings is 1. The largest absolute Gasteiger partial charge is 0.477 e. The maximum atomic E-state index is 10.6. The molecule has 0 amide bonds. The van der Waals surface area contributed by atoms with Crippen molar-refractivity contribution in [1.29, 1.82) is 0 Å². The number of hydrogen-bond donors (Lipinski definition) is 2. The molecule has 0 radical (unpaired) electrons. The summed E-state index contributed by atoms with van der Waals surface area (Å²) in [7, 11) is 0. The molecule has 2 rings (SSSR count). The Morgan fingerprint density at radius 1 is 1.64 bits per heavy atom. The van der Waals surface area contributed by atoms with Gasteiger partial charge in [0.25, 0.3) is 0 Å². The van der Waals surface area contributed by atoms with Crippen molar-refractivity contribution in [2.45, 2.75) is 13.1 Å². The highest BCUT2D eigenvalue weighted by atomic mass is 32.1. The van der Waals surface area contributed by atoms with Gasteiger partial charge >= 0.3 is 5.97 Å². The Morgan fingerprint density at radius 3 is 3.18 bits per heavy atom. The number of fused-ring (bicyclic) bond motifs is 1. The van der Waals surface area contributed by atoms with Gasteiger partial charge in [0, 0.05) is 13.1 Å². The van der Waals surface area contributed by atoms with Crippen LogP contribution in [0.4, 0.5) is 0 Å². The fourth-order valence-corrected chi connectivity index (χ4v) is 2.19. The van der Waals surface area contributed by atoms with Crippen molar-refractivity contribution in [3.05, 3.63) is 21.4 Å². The van der Waals surface area contributed by atoms with Crippen LogP contribution in [0, 0.1) is 0 Å². The van der Waals surface area contributed by atoms with Crippen molar-refractivity contribution < 1.29 is 9.90 Å². The first kappa shape index (κ1) is 6.82. The van der Waals surface area contributed by atoms with E-state index < -0.39 is 5.97 Å². The molecule has 0 atom stereocenters. The lowest BCUT2D eigenvalue weighted by molar-refractivity contribution is 0.0701. The molecule has 0 saturated carbocycles. The number of nitrogens with one attached hydrogen (secondary N) is 1. The first-order chi connectivity index (χ1) is 5.29.